The molecule has 4 rings (SSSR count). The topological polar surface area (TPSA) is 172 Å². The predicted octanol–water partition coefficient (Wildman–Crippen LogP) is 2.61. The molecule has 1 fully saturated rings. The molecular formula is C26H32N2O10. The summed E-state index contributed by atoms with van der Waals surface area (Å²) in [5.41, 5.74) is 5.59. The molecule has 0 saturated carbocycles. The van der Waals surface area contributed by atoms with Crippen LogP contribution >= 0.6 is 0 Å². The molecule has 1 saturated heterocycles. The number of furan rings is 1. The summed E-state index contributed by atoms with van der Waals surface area (Å²) < 4.78 is 33.8. The molecule has 0 unspecified atom stereocenters. The fourth-order valence-corrected chi connectivity index (χ4v) is 4.77. The number of aryl methyl sites for hydroxylation is 2. The first-order valence-corrected chi connectivity index (χ1v) is 11.9. The van der Waals surface area contributed by atoms with Crippen LogP contribution in [0.4, 0.5) is 4.79 Å². The van der Waals surface area contributed by atoms with Crippen LogP contribution in [0, 0.1) is 20.8 Å². The first-order chi connectivity index (χ1) is 17.8. The Bertz CT molecular complexity index is 1280. The molecular weight excluding hydrogens is 500 g/mol. The lowest BCUT2D eigenvalue weighted by molar-refractivity contribution is -0.304. The van der Waals surface area contributed by atoms with Crippen LogP contribution in [0.1, 0.15) is 46.9 Å². The molecule has 12 heteroatoms. The summed E-state index contributed by atoms with van der Waals surface area (Å²) in [6, 6.07) is 4.74. The van der Waals surface area contributed by atoms with Gasteiger partial charge < -0.3 is 49.4 Å². The van der Waals surface area contributed by atoms with Crippen LogP contribution in [0.3, 0.4) is 0 Å². The Hall–Kier alpha value is -3.74. The molecule has 1 aromatic carbocycles. The van der Waals surface area contributed by atoms with Crippen molar-refractivity contribution in [2.45, 2.75) is 64.8 Å². The van der Waals surface area contributed by atoms with Gasteiger partial charge in [-0.3, -0.25) is 4.79 Å². The summed E-state index contributed by atoms with van der Waals surface area (Å²) in [7, 11) is 1.40. The Labute approximate surface area is 219 Å². The van der Waals surface area contributed by atoms with E-state index in [0.29, 0.717) is 39.7 Å². The highest BCUT2D eigenvalue weighted by Gasteiger charge is 2.53. The Morgan fingerprint density at radius 1 is 1.21 bits per heavy atom. The third-order valence-corrected chi connectivity index (χ3v) is 6.58. The highest BCUT2D eigenvalue weighted by atomic mass is 16.7. The number of benzene rings is 1. The minimum atomic E-state index is -1.43. The molecule has 2 aliphatic rings. The highest BCUT2D eigenvalue weighted by molar-refractivity contribution is 5.97. The summed E-state index contributed by atoms with van der Waals surface area (Å²) in [6.45, 7) is 8.42. The van der Waals surface area contributed by atoms with Gasteiger partial charge in [0.15, 0.2) is 12.2 Å². The summed E-state index contributed by atoms with van der Waals surface area (Å²) in [6.07, 6.45) is -5.72. The van der Waals surface area contributed by atoms with Gasteiger partial charge in [0.25, 0.3) is 5.91 Å². The fourth-order valence-electron chi connectivity index (χ4n) is 4.77. The zero-order valence-electron chi connectivity index (χ0n) is 22.0. The van der Waals surface area contributed by atoms with Crippen LogP contribution < -0.4 is 20.5 Å². The number of fused-ring (bicyclic) bond motifs is 1. The molecule has 3 heterocycles. The number of rotatable bonds is 6. The van der Waals surface area contributed by atoms with Crippen LogP contribution in [0.15, 0.2) is 28.3 Å². The normalized spacial score (nSPS) is 24.3. The fraction of sp³-hybridized carbons (Fsp3) is 0.462. The van der Waals surface area contributed by atoms with Crippen molar-refractivity contribution in [1.82, 2.24) is 5.32 Å². The van der Waals surface area contributed by atoms with E-state index in [1.807, 2.05) is 0 Å². The number of primary amides is 1. The average molecular weight is 533 g/mol. The molecule has 0 aliphatic carbocycles. The molecule has 1 aromatic heterocycles. The van der Waals surface area contributed by atoms with E-state index in [-0.39, 0.29) is 18.1 Å². The quantitative estimate of drug-likeness (QED) is 0.433. The van der Waals surface area contributed by atoms with Gasteiger partial charge in [-0.1, -0.05) is 0 Å². The smallest absolute Gasteiger partial charge is 0.404 e. The molecule has 12 nitrogen and oxygen atoms in total. The number of aliphatic hydroxyl groups is 2. The van der Waals surface area contributed by atoms with Gasteiger partial charge in [0.2, 0.25) is 6.29 Å². The molecule has 0 bridgehead atoms. The van der Waals surface area contributed by atoms with Crippen molar-refractivity contribution >= 4 is 17.8 Å². The zero-order chi connectivity index (χ0) is 27.9. The molecule has 0 spiro atoms. The van der Waals surface area contributed by atoms with E-state index in [1.165, 1.54) is 7.11 Å². The number of hydrogen-bond acceptors (Lipinski definition) is 10. The number of methoxy groups -OCH3 is 1. The Balaban J connectivity index is 1.57. The molecule has 38 heavy (non-hydrogen) atoms. The molecule has 0 radical (unpaired) electrons. The number of carbonyl (C=O) groups is 2. The van der Waals surface area contributed by atoms with Gasteiger partial charge in [0, 0.05) is 12.7 Å². The molecule has 5 N–H and O–H groups in total. The minimum absolute atomic E-state index is 0.107. The summed E-state index contributed by atoms with van der Waals surface area (Å²) in [5.74, 6) is 1.10. The first-order valence-electron chi connectivity index (χ1n) is 11.9. The van der Waals surface area contributed by atoms with E-state index in [9.17, 15) is 19.8 Å². The van der Waals surface area contributed by atoms with Gasteiger partial charge >= 0.3 is 6.09 Å². The Morgan fingerprint density at radius 2 is 1.92 bits per heavy atom. The number of amides is 2. The number of hydrogen-bond donors (Lipinski definition) is 4. The Morgan fingerprint density at radius 3 is 2.53 bits per heavy atom. The van der Waals surface area contributed by atoms with Crippen molar-refractivity contribution in [3.8, 4) is 11.5 Å². The van der Waals surface area contributed by atoms with Crippen LogP contribution in [0.5, 0.6) is 11.5 Å². The molecule has 2 amide bonds. The number of nitrogens with one attached hydrogen (secondary N) is 1. The zero-order valence-corrected chi connectivity index (χ0v) is 22.0. The van der Waals surface area contributed by atoms with Crippen LogP contribution in [-0.2, 0) is 14.2 Å². The lowest BCUT2D eigenvalue weighted by atomic mass is 9.89. The van der Waals surface area contributed by atoms with Crippen molar-refractivity contribution < 1.29 is 47.9 Å². The van der Waals surface area contributed by atoms with E-state index in [0.717, 1.165) is 0 Å². The lowest BCUT2D eigenvalue weighted by Crippen LogP contribution is -2.65. The monoisotopic (exact) mass is 532 g/mol. The van der Waals surface area contributed by atoms with Gasteiger partial charge in [0.05, 0.1) is 22.4 Å². The Kier molecular flexibility index (Phi) is 7.33. The second kappa shape index (κ2) is 10.2. The summed E-state index contributed by atoms with van der Waals surface area (Å²) in [5, 5.41) is 24.5. The largest absolute Gasteiger partial charge is 0.505 e. The molecule has 4 atom stereocenters. The van der Waals surface area contributed by atoms with Gasteiger partial charge in [-0.2, -0.15) is 0 Å². The number of ether oxygens (including phenoxy) is 5. The predicted molar refractivity (Wildman–Crippen MR) is 133 cm³/mol. The number of aliphatic hydroxyl groups excluding tert-OH is 2. The summed E-state index contributed by atoms with van der Waals surface area (Å²) in [4.78, 5) is 24.2. The maximum Gasteiger partial charge on any atom is 0.404 e. The van der Waals surface area contributed by atoms with E-state index >= 15 is 0 Å². The maximum atomic E-state index is 12.7. The first kappa shape index (κ1) is 27.3. The van der Waals surface area contributed by atoms with Gasteiger partial charge in [0.1, 0.15) is 41.5 Å². The van der Waals surface area contributed by atoms with Gasteiger partial charge in [-0.15, -0.1) is 0 Å². The van der Waals surface area contributed by atoms with E-state index in [2.05, 4.69) is 5.32 Å². The van der Waals surface area contributed by atoms with Crippen molar-refractivity contribution in [2.75, 3.05) is 13.7 Å². The van der Waals surface area contributed by atoms with Gasteiger partial charge in [-0.25, -0.2) is 4.79 Å². The third kappa shape index (κ3) is 5.02. The van der Waals surface area contributed by atoms with E-state index in [1.54, 1.807) is 52.8 Å². The van der Waals surface area contributed by atoms with E-state index in [4.69, 9.17) is 33.8 Å². The number of carbonyl (C=O) groups excluding carboxylic acids is 2. The molecule has 206 valence electrons. The summed E-state index contributed by atoms with van der Waals surface area (Å²) >= 11 is 0. The van der Waals surface area contributed by atoms with Crippen molar-refractivity contribution in [2.24, 2.45) is 5.73 Å². The third-order valence-electron chi connectivity index (χ3n) is 6.58. The van der Waals surface area contributed by atoms with E-state index < -0.39 is 42.2 Å². The second-order valence-corrected chi connectivity index (χ2v) is 9.72. The van der Waals surface area contributed by atoms with Crippen LogP contribution in [0.25, 0.3) is 5.76 Å². The van der Waals surface area contributed by atoms with Crippen LogP contribution in [-0.4, -0.2) is 66.1 Å². The molecule has 2 aromatic rings. The van der Waals surface area contributed by atoms with Crippen LogP contribution in [0.2, 0.25) is 0 Å². The minimum Gasteiger partial charge on any atom is -0.505 e. The molecule has 2 aliphatic heterocycles. The van der Waals surface area contributed by atoms with Crippen molar-refractivity contribution in [1.29, 1.82) is 0 Å². The average Bonchev–Trinajstić information content (AvgIpc) is 3.18. The standard InChI is InChI=1S/C26H32N2O10/c1-11-9-15(13(3)35-11)23(31)28-16-10-34-20-12(2)17(8-7-14(20)18(16)29)36-24-19(30)21(37-25(27)32)22(33-6)26(4,5)38-24/h7-9,19,21-22,24,29-30H,10H2,1-6H3,(H2,27,32)(H,28,31)/t19-,21+,22-,24-/m1/s1. The SMILES string of the molecule is CO[C@@H]1[C@@H](OC(N)=O)[C@@H](O)[C@H](Oc2ccc3c(c2C)OCC(NC(=O)c2cc(C)oc2C)=C3O)OC1(C)C. The number of nitrogens with two attached hydrogens (primary N) is 1. The van der Waals surface area contributed by atoms with Crippen molar-refractivity contribution in [3.63, 3.8) is 0 Å². The highest BCUT2D eigenvalue weighted by Crippen LogP contribution is 2.40. The second-order valence-electron chi connectivity index (χ2n) is 9.72. The van der Waals surface area contributed by atoms with Crippen molar-refractivity contribution in [3.05, 3.63) is 52.1 Å². The lowest BCUT2D eigenvalue weighted by Gasteiger charge is -2.47. The van der Waals surface area contributed by atoms with Gasteiger partial charge in [-0.05, 0) is 52.8 Å². The maximum absolute atomic E-state index is 12.7.